The Labute approximate surface area is 111 Å². The Morgan fingerprint density at radius 2 is 1.58 bits per heavy atom. The lowest BCUT2D eigenvalue weighted by Crippen LogP contribution is -2.16. The molecule has 2 rings (SSSR count). The third kappa shape index (κ3) is 4.99. The fraction of sp³-hybridized carbons (Fsp3) is 0.429. The summed E-state index contributed by atoms with van der Waals surface area (Å²) in [6.07, 6.45) is 5.24. The number of carbonyl (C=O) groups is 2. The van der Waals surface area contributed by atoms with Gasteiger partial charge in [-0.15, -0.1) is 0 Å². The zero-order valence-electron chi connectivity index (χ0n) is 10.6. The van der Waals surface area contributed by atoms with Crippen molar-refractivity contribution >= 4 is 11.9 Å². The van der Waals surface area contributed by atoms with Gasteiger partial charge in [0.1, 0.15) is 11.3 Å². The van der Waals surface area contributed by atoms with Crippen molar-refractivity contribution in [1.29, 1.82) is 0 Å². The van der Waals surface area contributed by atoms with Crippen molar-refractivity contribution in [1.82, 2.24) is 0 Å². The number of para-hydroxylation sites is 1. The van der Waals surface area contributed by atoms with Crippen LogP contribution in [0.25, 0.3) is 0 Å². The molecule has 0 aliphatic heterocycles. The highest BCUT2D eigenvalue weighted by Gasteiger charge is 2.19. The maximum Gasteiger partial charge on any atom is 0.339 e. The summed E-state index contributed by atoms with van der Waals surface area (Å²) >= 11 is 0. The summed E-state index contributed by atoms with van der Waals surface area (Å²) in [6.45, 7) is 0. The highest BCUT2D eigenvalue weighted by Crippen LogP contribution is 2.23. The SMILES string of the molecule is O=C(O)C1CCCCC1.O=C(O)c1ccccc1O. The molecule has 0 amide bonds. The van der Waals surface area contributed by atoms with Gasteiger partial charge in [-0.25, -0.2) is 4.79 Å². The van der Waals surface area contributed by atoms with E-state index >= 15 is 0 Å². The van der Waals surface area contributed by atoms with Gasteiger partial charge in [-0.05, 0) is 25.0 Å². The molecule has 0 bridgehead atoms. The lowest BCUT2D eigenvalue weighted by Gasteiger charge is -2.16. The number of aliphatic carboxylic acids is 1. The van der Waals surface area contributed by atoms with Gasteiger partial charge in [-0.1, -0.05) is 31.4 Å². The molecule has 5 heteroatoms. The Hall–Kier alpha value is -2.04. The molecule has 0 heterocycles. The largest absolute Gasteiger partial charge is 0.507 e. The van der Waals surface area contributed by atoms with Crippen LogP contribution in [0.3, 0.4) is 0 Å². The third-order valence-electron chi connectivity index (χ3n) is 3.09. The molecular weight excluding hydrogens is 248 g/mol. The number of hydrogen-bond donors (Lipinski definition) is 3. The number of carboxylic acid groups (broad SMARTS) is 2. The first-order valence-corrected chi connectivity index (χ1v) is 6.26. The number of carboxylic acids is 2. The van der Waals surface area contributed by atoms with Crippen molar-refractivity contribution in [3.63, 3.8) is 0 Å². The molecular formula is C14H18O5. The highest BCUT2D eigenvalue weighted by molar-refractivity contribution is 5.90. The molecule has 1 aliphatic rings. The van der Waals surface area contributed by atoms with Crippen LogP contribution in [0, 0.1) is 5.92 Å². The van der Waals surface area contributed by atoms with E-state index in [0.29, 0.717) is 0 Å². The van der Waals surface area contributed by atoms with Crippen LogP contribution in [0.15, 0.2) is 24.3 Å². The Kier molecular flexibility index (Phi) is 5.85. The maximum atomic E-state index is 10.4. The maximum absolute atomic E-state index is 10.4. The molecule has 5 nitrogen and oxygen atoms in total. The molecule has 0 aromatic heterocycles. The highest BCUT2D eigenvalue weighted by atomic mass is 16.4. The smallest absolute Gasteiger partial charge is 0.339 e. The van der Waals surface area contributed by atoms with E-state index in [1.54, 1.807) is 12.1 Å². The molecule has 0 spiro atoms. The first kappa shape index (κ1) is 15.0. The fourth-order valence-corrected chi connectivity index (χ4v) is 2.00. The van der Waals surface area contributed by atoms with Crippen molar-refractivity contribution in [2.75, 3.05) is 0 Å². The summed E-state index contributed by atoms with van der Waals surface area (Å²) in [5.74, 6) is -1.94. The molecule has 0 unspecified atom stereocenters. The van der Waals surface area contributed by atoms with Gasteiger partial charge in [0.25, 0.3) is 0 Å². The first-order valence-electron chi connectivity index (χ1n) is 6.26. The van der Waals surface area contributed by atoms with Crippen molar-refractivity contribution in [2.24, 2.45) is 5.92 Å². The molecule has 1 aromatic carbocycles. The second-order valence-corrected chi connectivity index (χ2v) is 4.50. The van der Waals surface area contributed by atoms with Gasteiger partial charge >= 0.3 is 11.9 Å². The average Bonchev–Trinajstić information content (AvgIpc) is 2.40. The van der Waals surface area contributed by atoms with Gasteiger partial charge in [0, 0.05) is 0 Å². The van der Waals surface area contributed by atoms with E-state index in [0.717, 1.165) is 25.7 Å². The minimum atomic E-state index is -1.11. The second-order valence-electron chi connectivity index (χ2n) is 4.50. The molecule has 1 saturated carbocycles. The monoisotopic (exact) mass is 266 g/mol. The van der Waals surface area contributed by atoms with Crippen LogP contribution in [0.4, 0.5) is 0 Å². The van der Waals surface area contributed by atoms with Gasteiger partial charge in [-0.2, -0.15) is 0 Å². The van der Waals surface area contributed by atoms with Gasteiger partial charge in [-0.3, -0.25) is 4.79 Å². The van der Waals surface area contributed by atoms with E-state index in [-0.39, 0.29) is 17.2 Å². The molecule has 1 fully saturated rings. The number of hydrogen-bond acceptors (Lipinski definition) is 3. The van der Waals surface area contributed by atoms with E-state index in [1.807, 2.05) is 0 Å². The molecule has 1 aromatic rings. The minimum Gasteiger partial charge on any atom is -0.507 e. The van der Waals surface area contributed by atoms with E-state index in [1.165, 1.54) is 18.6 Å². The predicted molar refractivity (Wildman–Crippen MR) is 69.3 cm³/mol. The van der Waals surface area contributed by atoms with Crippen LogP contribution >= 0.6 is 0 Å². The van der Waals surface area contributed by atoms with Crippen LogP contribution < -0.4 is 0 Å². The van der Waals surface area contributed by atoms with Gasteiger partial charge in [0.15, 0.2) is 0 Å². The summed E-state index contributed by atoms with van der Waals surface area (Å²) in [5.41, 5.74) is -0.0671. The summed E-state index contributed by atoms with van der Waals surface area (Å²) in [5, 5.41) is 25.8. The molecule has 0 radical (unpaired) electrons. The molecule has 19 heavy (non-hydrogen) atoms. The van der Waals surface area contributed by atoms with Crippen molar-refractivity contribution in [3.8, 4) is 5.75 Å². The number of rotatable bonds is 2. The second kappa shape index (κ2) is 7.41. The van der Waals surface area contributed by atoms with Crippen LogP contribution in [-0.4, -0.2) is 27.3 Å². The summed E-state index contributed by atoms with van der Waals surface area (Å²) < 4.78 is 0. The van der Waals surface area contributed by atoms with E-state index in [2.05, 4.69) is 0 Å². The van der Waals surface area contributed by atoms with E-state index < -0.39 is 11.9 Å². The van der Waals surface area contributed by atoms with Crippen molar-refractivity contribution in [2.45, 2.75) is 32.1 Å². The topological polar surface area (TPSA) is 94.8 Å². The van der Waals surface area contributed by atoms with Crippen molar-refractivity contribution in [3.05, 3.63) is 29.8 Å². The standard InChI is InChI=1S/C7H6O3.C7H12O2/c8-6-4-2-1-3-5(6)7(9)10;8-7(9)6-4-2-1-3-5-6/h1-4,8H,(H,9,10);6H,1-5H2,(H,8,9). The number of aromatic hydroxyl groups is 1. The van der Waals surface area contributed by atoms with Crippen LogP contribution in [0.1, 0.15) is 42.5 Å². The number of aromatic carboxylic acids is 1. The van der Waals surface area contributed by atoms with Gasteiger partial charge in [0.05, 0.1) is 5.92 Å². The Morgan fingerprint density at radius 1 is 1.00 bits per heavy atom. The Balaban J connectivity index is 0.000000191. The average molecular weight is 266 g/mol. The molecule has 104 valence electrons. The van der Waals surface area contributed by atoms with Crippen LogP contribution in [0.2, 0.25) is 0 Å². The first-order chi connectivity index (χ1) is 9.02. The van der Waals surface area contributed by atoms with E-state index in [4.69, 9.17) is 15.3 Å². The fourth-order valence-electron chi connectivity index (χ4n) is 2.00. The predicted octanol–water partition coefficient (Wildman–Crippen LogP) is 2.74. The van der Waals surface area contributed by atoms with Gasteiger partial charge in [0.2, 0.25) is 0 Å². The van der Waals surface area contributed by atoms with Crippen molar-refractivity contribution < 1.29 is 24.9 Å². The number of phenols is 1. The van der Waals surface area contributed by atoms with Crippen LogP contribution in [0.5, 0.6) is 5.75 Å². The summed E-state index contributed by atoms with van der Waals surface area (Å²) in [4.78, 5) is 20.6. The molecule has 3 N–H and O–H groups in total. The van der Waals surface area contributed by atoms with E-state index in [9.17, 15) is 9.59 Å². The summed E-state index contributed by atoms with van der Waals surface area (Å²) in [6, 6.07) is 5.81. The quantitative estimate of drug-likeness (QED) is 0.765. The Morgan fingerprint density at radius 3 is 1.95 bits per heavy atom. The van der Waals surface area contributed by atoms with Gasteiger partial charge < -0.3 is 15.3 Å². The molecule has 1 aliphatic carbocycles. The molecule has 0 saturated heterocycles. The van der Waals surface area contributed by atoms with Crippen LogP contribution in [-0.2, 0) is 4.79 Å². The third-order valence-corrected chi connectivity index (χ3v) is 3.09. The lowest BCUT2D eigenvalue weighted by atomic mass is 9.90. The minimum absolute atomic E-state index is 0.0289. The molecule has 0 atom stereocenters. The zero-order valence-corrected chi connectivity index (χ0v) is 10.6. The zero-order chi connectivity index (χ0) is 14.3. The normalized spacial score (nSPS) is 15.2. The summed E-state index contributed by atoms with van der Waals surface area (Å²) in [7, 11) is 0. The Bertz CT molecular complexity index is 435. The number of benzene rings is 1. The lowest BCUT2D eigenvalue weighted by molar-refractivity contribution is -0.142.